The molecule has 0 aliphatic rings. The Labute approximate surface area is 106 Å². The van der Waals surface area contributed by atoms with E-state index in [0.29, 0.717) is 5.69 Å². The molecule has 2 N–H and O–H groups in total. The van der Waals surface area contributed by atoms with E-state index in [1.807, 2.05) is 0 Å². The minimum absolute atomic E-state index is 0.00548. The molecule has 5 nitrogen and oxygen atoms in total. The molecule has 0 atom stereocenters. The summed E-state index contributed by atoms with van der Waals surface area (Å²) in [6.07, 6.45) is 2.45. The summed E-state index contributed by atoms with van der Waals surface area (Å²) in [6, 6.07) is 4.10. The molecule has 0 saturated heterocycles. The summed E-state index contributed by atoms with van der Waals surface area (Å²) in [6.45, 7) is 0. The van der Waals surface area contributed by atoms with Crippen molar-refractivity contribution in [3.63, 3.8) is 0 Å². The largest absolute Gasteiger partial charge is 0.476 e. The molecule has 0 spiro atoms. The van der Waals surface area contributed by atoms with E-state index < -0.39 is 11.8 Å². The highest BCUT2D eigenvalue weighted by molar-refractivity contribution is 6.30. The normalized spacial score (nSPS) is 10.1. The van der Waals surface area contributed by atoms with Crippen LogP contribution in [0.1, 0.15) is 10.5 Å². The first kappa shape index (κ1) is 12.3. The van der Waals surface area contributed by atoms with E-state index in [0.717, 1.165) is 6.20 Å². The van der Waals surface area contributed by atoms with Gasteiger partial charge in [-0.05, 0) is 18.2 Å². The maximum absolute atomic E-state index is 13.2. The van der Waals surface area contributed by atoms with Gasteiger partial charge in [-0.3, -0.25) is 4.98 Å². The van der Waals surface area contributed by atoms with Crippen molar-refractivity contribution in [1.82, 2.24) is 9.97 Å². The van der Waals surface area contributed by atoms with Crippen molar-refractivity contribution in [1.29, 1.82) is 0 Å². The second-order valence-electron chi connectivity index (χ2n) is 3.35. The number of benzene rings is 1. The third-order valence-electron chi connectivity index (χ3n) is 2.05. The van der Waals surface area contributed by atoms with Crippen LogP contribution in [0, 0.1) is 5.82 Å². The number of nitrogens with one attached hydrogen (secondary N) is 1. The van der Waals surface area contributed by atoms with E-state index in [1.54, 1.807) is 6.07 Å². The van der Waals surface area contributed by atoms with Gasteiger partial charge in [0, 0.05) is 5.69 Å². The number of rotatable bonds is 3. The van der Waals surface area contributed by atoms with Gasteiger partial charge in [0.15, 0.2) is 5.69 Å². The second kappa shape index (κ2) is 4.97. The Morgan fingerprint density at radius 1 is 1.39 bits per heavy atom. The Bertz CT molecular complexity index is 607. The third kappa shape index (κ3) is 2.72. The lowest BCUT2D eigenvalue weighted by Crippen LogP contribution is -2.04. The second-order valence-corrected chi connectivity index (χ2v) is 3.76. The van der Waals surface area contributed by atoms with Gasteiger partial charge in [-0.15, -0.1) is 0 Å². The molecule has 1 heterocycles. The van der Waals surface area contributed by atoms with E-state index in [2.05, 4.69) is 15.3 Å². The molecule has 18 heavy (non-hydrogen) atoms. The van der Waals surface area contributed by atoms with Gasteiger partial charge in [-0.25, -0.2) is 14.2 Å². The summed E-state index contributed by atoms with van der Waals surface area (Å²) in [5.41, 5.74) is 0.197. The highest BCUT2D eigenvalue weighted by atomic mass is 35.5. The minimum Gasteiger partial charge on any atom is -0.476 e. The Morgan fingerprint density at radius 2 is 2.17 bits per heavy atom. The van der Waals surface area contributed by atoms with Gasteiger partial charge in [0.1, 0.15) is 11.6 Å². The molecule has 0 amide bonds. The molecule has 1 aromatic heterocycles. The number of carboxylic acids is 1. The fourth-order valence-corrected chi connectivity index (χ4v) is 1.37. The summed E-state index contributed by atoms with van der Waals surface area (Å²) in [7, 11) is 0. The van der Waals surface area contributed by atoms with Crippen LogP contribution in [-0.2, 0) is 0 Å². The monoisotopic (exact) mass is 267 g/mol. The van der Waals surface area contributed by atoms with Crippen LogP contribution in [-0.4, -0.2) is 21.0 Å². The van der Waals surface area contributed by atoms with Crippen molar-refractivity contribution >= 4 is 29.1 Å². The smallest absolute Gasteiger partial charge is 0.356 e. The van der Waals surface area contributed by atoms with Crippen LogP contribution in [0.5, 0.6) is 0 Å². The number of nitrogens with zero attached hydrogens (tertiary/aromatic N) is 2. The molecule has 0 aliphatic heterocycles. The van der Waals surface area contributed by atoms with Gasteiger partial charge >= 0.3 is 5.97 Å². The average molecular weight is 268 g/mol. The number of hydrogen-bond acceptors (Lipinski definition) is 4. The zero-order valence-corrected chi connectivity index (χ0v) is 9.65. The van der Waals surface area contributed by atoms with Gasteiger partial charge in [-0.1, -0.05) is 11.6 Å². The molecule has 0 saturated carbocycles. The Hall–Kier alpha value is -2.21. The van der Waals surface area contributed by atoms with Crippen molar-refractivity contribution < 1.29 is 14.3 Å². The van der Waals surface area contributed by atoms with Gasteiger partial charge in [0.25, 0.3) is 0 Å². The van der Waals surface area contributed by atoms with Crippen molar-refractivity contribution in [2.75, 3.05) is 5.32 Å². The van der Waals surface area contributed by atoms with E-state index in [4.69, 9.17) is 16.7 Å². The van der Waals surface area contributed by atoms with Gasteiger partial charge in [0.2, 0.25) is 0 Å². The van der Waals surface area contributed by atoms with Crippen molar-refractivity contribution in [3.8, 4) is 0 Å². The third-order valence-corrected chi connectivity index (χ3v) is 2.35. The van der Waals surface area contributed by atoms with Crippen LogP contribution < -0.4 is 5.32 Å². The summed E-state index contributed by atoms with van der Waals surface area (Å²) >= 11 is 5.54. The molecular weight excluding hydrogens is 261 g/mol. The number of aromatic nitrogens is 2. The number of aromatic carboxylic acids is 1. The Balaban J connectivity index is 2.25. The van der Waals surface area contributed by atoms with E-state index in [-0.39, 0.29) is 16.5 Å². The molecule has 0 aliphatic carbocycles. The lowest BCUT2D eigenvalue weighted by Gasteiger charge is -2.06. The molecule has 0 fully saturated rings. The molecule has 7 heteroatoms. The van der Waals surface area contributed by atoms with Crippen LogP contribution in [0.25, 0.3) is 0 Å². The molecule has 0 unspecified atom stereocenters. The standard InChI is InChI=1S/C11H7ClFN3O2/c12-7-2-1-6(3-8(7)13)15-10-5-14-4-9(16-10)11(17)18/h1-5H,(H,15,16)(H,17,18). The fraction of sp³-hybridized carbons (Fsp3) is 0. The van der Waals surface area contributed by atoms with Crippen LogP contribution in [0.2, 0.25) is 5.02 Å². The first-order valence-corrected chi connectivity index (χ1v) is 5.21. The zero-order valence-electron chi connectivity index (χ0n) is 8.89. The highest BCUT2D eigenvalue weighted by Gasteiger charge is 2.07. The molecule has 2 rings (SSSR count). The van der Waals surface area contributed by atoms with Crippen molar-refractivity contribution in [2.24, 2.45) is 0 Å². The predicted molar refractivity (Wildman–Crippen MR) is 63.7 cm³/mol. The van der Waals surface area contributed by atoms with Gasteiger partial charge in [-0.2, -0.15) is 0 Å². The van der Waals surface area contributed by atoms with Crippen LogP contribution in [0.3, 0.4) is 0 Å². The Kier molecular flexibility index (Phi) is 3.38. The summed E-state index contributed by atoms with van der Waals surface area (Å²) < 4.78 is 13.2. The lowest BCUT2D eigenvalue weighted by molar-refractivity contribution is 0.0690. The first-order chi connectivity index (χ1) is 8.56. The number of carboxylic acid groups (broad SMARTS) is 1. The average Bonchev–Trinajstić information content (AvgIpc) is 2.34. The lowest BCUT2D eigenvalue weighted by atomic mass is 10.3. The number of anilines is 2. The number of halogens is 2. The first-order valence-electron chi connectivity index (χ1n) is 4.83. The molecule has 1 aromatic carbocycles. The molecule has 0 bridgehead atoms. The molecule has 92 valence electrons. The van der Waals surface area contributed by atoms with E-state index in [1.165, 1.54) is 18.3 Å². The maximum atomic E-state index is 13.2. The van der Waals surface area contributed by atoms with Crippen LogP contribution in [0.15, 0.2) is 30.6 Å². The van der Waals surface area contributed by atoms with E-state index >= 15 is 0 Å². The summed E-state index contributed by atoms with van der Waals surface area (Å²) in [5, 5.41) is 11.5. The number of carbonyl (C=O) groups is 1. The molecule has 0 radical (unpaired) electrons. The van der Waals surface area contributed by atoms with Gasteiger partial charge < -0.3 is 10.4 Å². The van der Waals surface area contributed by atoms with Crippen molar-refractivity contribution in [3.05, 3.63) is 47.1 Å². The SMILES string of the molecule is O=C(O)c1cncc(Nc2ccc(Cl)c(F)c2)n1. The molecule has 2 aromatic rings. The Morgan fingerprint density at radius 3 is 2.83 bits per heavy atom. The maximum Gasteiger partial charge on any atom is 0.356 e. The summed E-state index contributed by atoms with van der Waals surface area (Å²) in [4.78, 5) is 18.2. The minimum atomic E-state index is -1.19. The predicted octanol–water partition coefficient (Wildman–Crippen LogP) is 2.71. The van der Waals surface area contributed by atoms with Crippen LogP contribution >= 0.6 is 11.6 Å². The quantitative estimate of drug-likeness (QED) is 0.894. The zero-order chi connectivity index (χ0) is 13.1. The highest BCUT2D eigenvalue weighted by Crippen LogP contribution is 2.21. The van der Waals surface area contributed by atoms with Crippen molar-refractivity contribution in [2.45, 2.75) is 0 Å². The van der Waals surface area contributed by atoms with E-state index in [9.17, 15) is 9.18 Å². The van der Waals surface area contributed by atoms with Gasteiger partial charge in [0.05, 0.1) is 17.4 Å². The topological polar surface area (TPSA) is 75.1 Å². The fourth-order valence-electron chi connectivity index (χ4n) is 1.25. The number of hydrogen-bond donors (Lipinski definition) is 2. The molecular formula is C11H7ClFN3O2. The summed E-state index contributed by atoms with van der Waals surface area (Å²) in [5.74, 6) is -1.56. The van der Waals surface area contributed by atoms with Crippen LogP contribution in [0.4, 0.5) is 15.9 Å².